The highest BCUT2D eigenvalue weighted by molar-refractivity contribution is 7.90. The van der Waals surface area contributed by atoms with Gasteiger partial charge in [0, 0.05) is 5.56 Å². The average molecular weight is 477 g/mol. The summed E-state index contributed by atoms with van der Waals surface area (Å²) in [4.78, 5) is 24.6. The van der Waals surface area contributed by atoms with Crippen molar-refractivity contribution in [1.29, 1.82) is 0 Å². The number of halogens is 2. The second-order valence-corrected chi connectivity index (χ2v) is 9.97. The molecule has 0 spiro atoms. The van der Waals surface area contributed by atoms with E-state index in [0.717, 1.165) is 22.5 Å². The van der Waals surface area contributed by atoms with E-state index in [9.17, 15) is 17.6 Å². The van der Waals surface area contributed by atoms with E-state index in [1.54, 1.807) is 0 Å². The molecule has 0 bridgehead atoms. The lowest BCUT2D eigenvalue weighted by molar-refractivity contribution is 0.102. The van der Waals surface area contributed by atoms with Crippen LogP contribution >= 0.6 is 22.9 Å². The molecule has 11 heteroatoms. The van der Waals surface area contributed by atoms with Gasteiger partial charge in [0.25, 0.3) is 5.91 Å². The number of sulfone groups is 1. The van der Waals surface area contributed by atoms with Gasteiger partial charge in [-0.2, -0.15) is 0 Å². The van der Waals surface area contributed by atoms with E-state index >= 15 is 0 Å². The van der Waals surface area contributed by atoms with Gasteiger partial charge >= 0.3 is 0 Å². The number of carbonyl (C=O) groups excluding carboxylic acids is 1. The molecule has 2 aromatic carbocycles. The zero-order valence-corrected chi connectivity index (χ0v) is 18.4. The maximum Gasteiger partial charge on any atom is 0.277 e. The van der Waals surface area contributed by atoms with Gasteiger partial charge in [0.2, 0.25) is 15.0 Å². The lowest BCUT2D eigenvalue weighted by Gasteiger charge is -2.07. The third-order valence-corrected chi connectivity index (χ3v) is 6.94. The van der Waals surface area contributed by atoms with Gasteiger partial charge in [-0.1, -0.05) is 47.2 Å². The Balaban J connectivity index is 1.62. The molecule has 0 saturated carbocycles. The van der Waals surface area contributed by atoms with Crippen molar-refractivity contribution >= 4 is 54.0 Å². The summed E-state index contributed by atoms with van der Waals surface area (Å²) in [6, 6.07) is 11.2. The fourth-order valence-corrected chi connectivity index (χ4v) is 5.14. The van der Waals surface area contributed by atoms with Crippen molar-refractivity contribution in [3.63, 3.8) is 0 Å². The molecule has 0 atom stereocenters. The summed E-state index contributed by atoms with van der Waals surface area (Å²) < 4.78 is 40.1. The Labute approximate surface area is 185 Å². The molecule has 0 radical (unpaired) electrons. The van der Waals surface area contributed by atoms with Gasteiger partial charge in [-0.25, -0.2) is 27.8 Å². The fraction of sp³-hybridized carbons (Fsp3) is 0.100. The van der Waals surface area contributed by atoms with Gasteiger partial charge < -0.3 is 0 Å². The smallest absolute Gasteiger partial charge is 0.277 e. The van der Waals surface area contributed by atoms with Crippen LogP contribution in [-0.4, -0.2) is 29.3 Å². The second-order valence-electron chi connectivity index (χ2n) is 6.64. The average Bonchev–Trinajstić information content (AvgIpc) is 3.11. The highest BCUT2D eigenvalue weighted by Gasteiger charge is 2.24. The van der Waals surface area contributed by atoms with Crippen LogP contribution in [0.5, 0.6) is 0 Å². The molecule has 158 valence electrons. The predicted octanol–water partition coefficient (Wildman–Crippen LogP) is 4.41. The van der Waals surface area contributed by atoms with Gasteiger partial charge in [-0.3, -0.25) is 10.1 Å². The van der Waals surface area contributed by atoms with Gasteiger partial charge in [0.05, 0.1) is 27.2 Å². The van der Waals surface area contributed by atoms with E-state index < -0.39 is 32.5 Å². The van der Waals surface area contributed by atoms with Crippen LogP contribution in [0, 0.1) is 12.7 Å². The van der Waals surface area contributed by atoms with E-state index in [1.165, 1.54) is 29.5 Å². The minimum Gasteiger partial charge on any atom is -0.296 e. The molecule has 2 aromatic heterocycles. The van der Waals surface area contributed by atoms with Gasteiger partial charge in [-0.05, 0) is 30.7 Å². The first-order valence-electron chi connectivity index (χ1n) is 8.90. The SMILES string of the molecule is Cc1ccc2nc(NC(=O)c3nc(S(=O)(=O)Cc4ccccc4F)ncc3Cl)sc2c1. The number of nitrogens with one attached hydrogen (secondary N) is 1. The van der Waals surface area contributed by atoms with Crippen LogP contribution in [0.4, 0.5) is 9.52 Å². The number of fused-ring (bicyclic) bond motifs is 1. The molecule has 0 aliphatic heterocycles. The number of aryl methyl sites for hydroxylation is 1. The monoisotopic (exact) mass is 476 g/mol. The number of benzene rings is 2. The van der Waals surface area contributed by atoms with Crippen molar-refractivity contribution in [2.45, 2.75) is 17.8 Å². The number of hydrogen-bond donors (Lipinski definition) is 1. The Kier molecular flexibility index (Phi) is 5.69. The molecule has 0 aliphatic carbocycles. The van der Waals surface area contributed by atoms with Gasteiger partial charge in [0.1, 0.15) is 5.82 Å². The molecule has 2 heterocycles. The van der Waals surface area contributed by atoms with Crippen molar-refractivity contribution in [1.82, 2.24) is 15.0 Å². The number of hydrogen-bond acceptors (Lipinski definition) is 7. The maximum atomic E-state index is 13.9. The standard InChI is InChI=1S/C20H14ClFN4O3S2/c1-11-6-7-15-16(8-11)30-19(24-15)26-18(27)17-13(21)9-23-20(25-17)31(28,29)10-12-4-2-3-5-14(12)22/h2-9H,10H2,1H3,(H,24,26,27). The van der Waals surface area contributed by atoms with Crippen LogP contribution in [0.15, 0.2) is 53.8 Å². The molecule has 4 aromatic rings. The summed E-state index contributed by atoms with van der Waals surface area (Å²) in [7, 11) is -4.12. The summed E-state index contributed by atoms with van der Waals surface area (Å²) in [6.45, 7) is 1.95. The minimum atomic E-state index is -4.12. The Bertz CT molecular complexity index is 1420. The van der Waals surface area contributed by atoms with Crippen molar-refractivity contribution < 1.29 is 17.6 Å². The second kappa shape index (κ2) is 8.29. The molecule has 0 saturated heterocycles. The van der Waals surface area contributed by atoms with Crippen molar-refractivity contribution in [3.05, 3.63) is 76.3 Å². The van der Waals surface area contributed by atoms with Crippen molar-refractivity contribution in [2.24, 2.45) is 0 Å². The van der Waals surface area contributed by atoms with Crippen LogP contribution in [0.2, 0.25) is 5.02 Å². The zero-order valence-electron chi connectivity index (χ0n) is 16.0. The summed E-state index contributed by atoms with van der Waals surface area (Å²) in [6.07, 6.45) is 1.03. The van der Waals surface area contributed by atoms with Crippen LogP contribution in [-0.2, 0) is 15.6 Å². The van der Waals surface area contributed by atoms with E-state index in [-0.39, 0.29) is 16.3 Å². The summed E-state index contributed by atoms with van der Waals surface area (Å²) in [5.74, 6) is -2.05. The van der Waals surface area contributed by atoms with Gasteiger partial charge in [-0.15, -0.1) is 0 Å². The Hall–Kier alpha value is -2.95. The number of thiazole rings is 1. The van der Waals surface area contributed by atoms with E-state index in [4.69, 9.17) is 11.6 Å². The topological polar surface area (TPSA) is 102 Å². The van der Waals surface area contributed by atoms with Crippen LogP contribution in [0.3, 0.4) is 0 Å². The Morgan fingerprint density at radius 2 is 1.97 bits per heavy atom. The first kappa shape index (κ1) is 21.3. The summed E-state index contributed by atoms with van der Waals surface area (Å²) in [5.41, 5.74) is 1.42. The molecule has 0 fully saturated rings. The van der Waals surface area contributed by atoms with Crippen LogP contribution in [0.25, 0.3) is 10.2 Å². The summed E-state index contributed by atoms with van der Waals surface area (Å²) >= 11 is 7.30. The molecule has 4 rings (SSSR count). The van der Waals surface area contributed by atoms with Crippen LogP contribution < -0.4 is 5.32 Å². The lowest BCUT2D eigenvalue weighted by Crippen LogP contribution is -2.18. The third kappa shape index (κ3) is 4.55. The van der Waals surface area contributed by atoms with E-state index in [0.29, 0.717) is 10.6 Å². The van der Waals surface area contributed by atoms with E-state index in [1.807, 2.05) is 25.1 Å². The highest BCUT2D eigenvalue weighted by Crippen LogP contribution is 2.27. The molecule has 0 aliphatic rings. The Morgan fingerprint density at radius 3 is 2.74 bits per heavy atom. The summed E-state index contributed by atoms with van der Waals surface area (Å²) in [5, 5.41) is 2.15. The number of anilines is 1. The lowest BCUT2D eigenvalue weighted by atomic mass is 10.2. The number of carbonyl (C=O) groups is 1. The van der Waals surface area contributed by atoms with Crippen molar-refractivity contribution in [3.8, 4) is 0 Å². The Morgan fingerprint density at radius 1 is 1.19 bits per heavy atom. The molecular formula is C20H14ClFN4O3S2. The predicted molar refractivity (Wildman–Crippen MR) is 117 cm³/mol. The molecule has 0 unspecified atom stereocenters. The molecular weight excluding hydrogens is 463 g/mol. The maximum absolute atomic E-state index is 13.9. The van der Waals surface area contributed by atoms with Crippen molar-refractivity contribution in [2.75, 3.05) is 5.32 Å². The number of nitrogens with zero attached hydrogens (tertiary/aromatic N) is 3. The first-order valence-corrected chi connectivity index (χ1v) is 11.7. The normalized spacial score (nSPS) is 11.6. The van der Waals surface area contributed by atoms with E-state index in [2.05, 4.69) is 20.3 Å². The zero-order chi connectivity index (χ0) is 22.2. The number of aromatic nitrogens is 3. The largest absolute Gasteiger partial charge is 0.296 e. The molecule has 31 heavy (non-hydrogen) atoms. The minimum absolute atomic E-state index is 0.0307. The van der Waals surface area contributed by atoms with Crippen LogP contribution in [0.1, 0.15) is 21.6 Å². The first-order chi connectivity index (χ1) is 14.7. The number of amides is 1. The number of rotatable bonds is 5. The third-order valence-electron chi connectivity index (χ3n) is 4.28. The fourth-order valence-electron chi connectivity index (χ4n) is 2.79. The molecule has 1 N–H and O–H groups in total. The quantitative estimate of drug-likeness (QED) is 0.428. The highest BCUT2D eigenvalue weighted by atomic mass is 35.5. The molecule has 1 amide bonds. The molecule has 7 nitrogen and oxygen atoms in total. The van der Waals surface area contributed by atoms with Gasteiger partial charge in [0.15, 0.2) is 10.8 Å².